The van der Waals surface area contributed by atoms with Gasteiger partial charge in [-0.25, -0.2) is 4.79 Å². The van der Waals surface area contributed by atoms with Crippen molar-refractivity contribution in [3.8, 4) is 0 Å². The Morgan fingerprint density at radius 3 is 2.39 bits per heavy atom. The van der Waals surface area contributed by atoms with Gasteiger partial charge in [0.15, 0.2) is 0 Å². The van der Waals surface area contributed by atoms with Crippen LogP contribution in [0.2, 0.25) is 0 Å². The molecule has 0 radical (unpaired) electrons. The van der Waals surface area contributed by atoms with Crippen LogP contribution in [-0.4, -0.2) is 29.4 Å². The Morgan fingerprint density at radius 1 is 1.39 bits per heavy atom. The summed E-state index contributed by atoms with van der Waals surface area (Å²) in [5.41, 5.74) is -0.203. The van der Waals surface area contributed by atoms with Crippen molar-refractivity contribution in [2.75, 3.05) is 6.61 Å². The fourth-order valence-corrected chi connectivity index (χ4v) is 2.45. The largest absolute Gasteiger partial charge is 0.444 e. The average molecular weight is 257 g/mol. The van der Waals surface area contributed by atoms with Crippen molar-refractivity contribution < 1.29 is 14.6 Å². The lowest BCUT2D eigenvalue weighted by molar-refractivity contribution is 0.0462. The highest BCUT2D eigenvalue weighted by Gasteiger charge is 2.31. The average Bonchev–Trinajstić information content (AvgIpc) is 2.19. The fourth-order valence-electron chi connectivity index (χ4n) is 2.45. The minimum Gasteiger partial charge on any atom is -0.444 e. The van der Waals surface area contributed by atoms with Crippen molar-refractivity contribution in [2.24, 2.45) is 5.41 Å². The summed E-state index contributed by atoms with van der Waals surface area (Å²) in [6, 6.07) is 0.214. The van der Waals surface area contributed by atoms with Gasteiger partial charge in [-0.3, -0.25) is 0 Å². The summed E-state index contributed by atoms with van der Waals surface area (Å²) in [6.45, 7) is 8.07. The first-order valence-electron chi connectivity index (χ1n) is 6.84. The SMILES string of the molecule is CC1(CCO)CCC(NC(=O)OC(C)(C)C)CC1. The van der Waals surface area contributed by atoms with E-state index in [9.17, 15) is 4.79 Å². The Hall–Kier alpha value is -0.770. The molecule has 1 aliphatic carbocycles. The quantitative estimate of drug-likeness (QED) is 0.817. The Morgan fingerprint density at radius 2 is 1.94 bits per heavy atom. The number of aliphatic hydroxyl groups excluding tert-OH is 1. The second kappa shape index (κ2) is 5.91. The van der Waals surface area contributed by atoms with Crippen LogP contribution in [-0.2, 0) is 4.74 Å². The third-order valence-corrected chi connectivity index (χ3v) is 3.63. The molecule has 0 atom stereocenters. The van der Waals surface area contributed by atoms with Crippen molar-refractivity contribution in [3.63, 3.8) is 0 Å². The molecule has 4 nitrogen and oxygen atoms in total. The van der Waals surface area contributed by atoms with Crippen LogP contribution in [0.5, 0.6) is 0 Å². The highest BCUT2D eigenvalue weighted by molar-refractivity contribution is 5.68. The highest BCUT2D eigenvalue weighted by Crippen LogP contribution is 2.38. The first-order valence-corrected chi connectivity index (χ1v) is 6.84. The zero-order chi connectivity index (χ0) is 13.8. The van der Waals surface area contributed by atoms with Gasteiger partial charge in [0, 0.05) is 12.6 Å². The Kier molecular flexibility index (Phi) is 5.02. The van der Waals surface area contributed by atoms with Crippen LogP contribution in [0.4, 0.5) is 4.79 Å². The van der Waals surface area contributed by atoms with E-state index in [4.69, 9.17) is 9.84 Å². The molecule has 18 heavy (non-hydrogen) atoms. The molecule has 1 aliphatic rings. The van der Waals surface area contributed by atoms with Crippen LogP contribution < -0.4 is 5.32 Å². The van der Waals surface area contributed by atoms with Gasteiger partial charge in [0.25, 0.3) is 0 Å². The van der Waals surface area contributed by atoms with Gasteiger partial charge >= 0.3 is 6.09 Å². The van der Waals surface area contributed by atoms with Crippen LogP contribution in [0.1, 0.15) is 59.8 Å². The Bertz CT molecular complexity index is 275. The van der Waals surface area contributed by atoms with Crippen LogP contribution in [0.15, 0.2) is 0 Å². The number of amides is 1. The van der Waals surface area contributed by atoms with E-state index < -0.39 is 5.60 Å². The molecule has 0 heterocycles. The molecule has 0 aromatic rings. The molecule has 1 rings (SSSR count). The van der Waals surface area contributed by atoms with Crippen molar-refractivity contribution in [3.05, 3.63) is 0 Å². The maximum atomic E-state index is 11.6. The van der Waals surface area contributed by atoms with Gasteiger partial charge in [0.1, 0.15) is 5.60 Å². The van der Waals surface area contributed by atoms with Crippen molar-refractivity contribution in [1.82, 2.24) is 5.32 Å². The number of carbonyl (C=O) groups excluding carboxylic acids is 1. The molecule has 0 spiro atoms. The standard InChI is InChI=1S/C14H27NO3/c1-13(2,3)18-12(17)15-11-5-7-14(4,8-6-11)9-10-16/h11,16H,5-10H2,1-4H3,(H,15,17). The molecule has 0 aromatic carbocycles. The molecule has 1 saturated carbocycles. The molecule has 4 heteroatoms. The van der Waals surface area contributed by atoms with Gasteiger partial charge < -0.3 is 15.2 Å². The third-order valence-electron chi connectivity index (χ3n) is 3.63. The number of nitrogens with one attached hydrogen (secondary N) is 1. The van der Waals surface area contributed by atoms with E-state index in [-0.39, 0.29) is 24.2 Å². The molecule has 0 aromatic heterocycles. The second-order valence-electron chi connectivity index (χ2n) is 6.70. The lowest BCUT2D eigenvalue weighted by atomic mass is 9.72. The normalized spacial score (nSPS) is 28.8. The van der Waals surface area contributed by atoms with E-state index >= 15 is 0 Å². The number of carbonyl (C=O) groups is 1. The van der Waals surface area contributed by atoms with Crippen molar-refractivity contribution in [1.29, 1.82) is 0 Å². The number of aliphatic hydroxyl groups is 1. The zero-order valence-electron chi connectivity index (χ0n) is 12.1. The Balaban J connectivity index is 2.33. The van der Waals surface area contributed by atoms with Crippen LogP contribution >= 0.6 is 0 Å². The van der Waals surface area contributed by atoms with E-state index in [0.717, 1.165) is 32.1 Å². The van der Waals surface area contributed by atoms with E-state index in [0.29, 0.717) is 0 Å². The molecule has 0 unspecified atom stereocenters. The summed E-state index contributed by atoms with van der Waals surface area (Å²) in [5.74, 6) is 0. The number of alkyl carbamates (subject to hydrolysis) is 1. The Labute approximate surface area is 110 Å². The lowest BCUT2D eigenvalue weighted by Crippen LogP contribution is -2.42. The van der Waals surface area contributed by atoms with E-state index in [2.05, 4.69) is 12.2 Å². The van der Waals surface area contributed by atoms with Crippen LogP contribution in [0.3, 0.4) is 0 Å². The summed E-state index contributed by atoms with van der Waals surface area (Å²) in [5, 5.41) is 12.0. The summed E-state index contributed by atoms with van der Waals surface area (Å²) < 4.78 is 5.25. The zero-order valence-corrected chi connectivity index (χ0v) is 12.1. The van der Waals surface area contributed by atoms with Gasteiger partial charge in [0.2, 0.25) is 0 Å². The number of rotatable bonds is 3. The van der Waals surface area contributed by atoms with Crippen LogP contribution in [0.25, 0.3) is 0 Å². The molecular weight excluding hydrogens is 230 g/mol. The van der Waals surface area contributed by atoms with Gasteiger partial charge in [0.05, 0.1) is 0 Å². The third kappa shape index (κ3) is 5.25. The minimum absolute atomic E-state index is 0.214. The maximum absolute atomic E-state index is 11.6. The molecule has 1 fully saturated rings. The molecule has 0 saturated heterocycles. The fraction of sp³-hybridized carbons (Fsp3) is 0.929. The summed E-state index contributed by atoms with van der Waals surface area (Å²) in [6.07, 6.45) is 4.57. The number of ether oxygens (including phenoxy) is 1. The second-order valence-corrected chi connectivity index (χ2v) is 6.70. The summed E-state index contributed by atoms with van der Waals surface area (Å²) in [4.78, 5) is 11.6. The van der Waals surface area contributed by atoms with Gasteiger partial charge in [-0.1, -0.05) is 6.92 Å². The number of hydrogen-bond donors (Lipinski definition) is 2. The van der Waals surface area contributed by atoms with E-state index in [1.807, 2.05) is 20.8 Å². The molecule has 0 bridgehead atoms. The molecule has 2 N–H and O–H groups in total. The van der Waals surface area contributed by atoms with Crippen LogP contribution in [0, 0.1) is 5.41 Å². The topological polar surface area (TPSA) is 58.6 Å². The minimum atomic E-state index is -0.440. The number of hydrogen-bond acceptors (Lipinski definition) is 3. The predicted molar refractivity (Wildman–Crippen MR) is 71.4 cm³/mol. The molecule has 106 valence electrons. The van der Waals surface area contributed by atoms with Gasteiger partial charge in [-0.05, 0) is 58.3 Å². The maximum Gasteiger partial charge on any atom is 0.407 e. The molecular formula is C14H27NO3. The highest BCUT2D eigenvalue weighted by atomic mass is 16.6. The van der Waals surface area contributed by atoms with Gasteiger partial charge in [-0.2, -0.15) is 0 Å². The van der Waals surface area contributed by atoms with Gasteiger partial charge in [-0.15, -0.1) is 0 Å². The summed E-state index contributed by atoms with van der Waals surface area (Å²) in [7, 11) is 0. The van der Waals surface area contributed by atoms with E-state index in [1.165, 1.54) is 0 Å². The first-order chi connectivity index (χ1) is 8.24. The molecule has 1 amide bonds. The smallest absolute Gasteiger partial charge is 0.407 e. The van der Waals surface area contributed by atoms with Crippen molar-refractivity contribution >= 4 is 6.09 Å². The monoisotopic (exact) mass is 257 g/mol. The predicted octanol–water partition coefficient (Wildman–Crippen LogP) is 2.84. The van der Waals surface area contributed by atoms with Crippen molar-refractivity contribution in [2.45, 2.75) is 71.4 Å². The summed E-state index contributed by atoms with van der Waals surface area (Å²) >= 11 is 0. The lowest BCUT2D eigenvalue weighted by Gasteiger charge is -2.37. The first kappa shape index (κ1) is 15.3. The molecule has 0 aliphatic heterocycles. The van der Waals surface area contributed by atoms with E-state index in [1.54, 1.807) is 0 Å².